The Morgan fingerprint density at radius 1 is 1.07 bits per heavy atom. The second-order valence-corrected chi connectivity index (χ2v) is 9.32. The smallest absolute Gasteiger partial charge is 0.220 e. The average molecular weight is 397 g/mol. The molecule has 1 aliphatic rings. The molecule has 0 bridgehead atoms. The predicted molar refractivity (Wildman–Crippen MR) is 122 cm³/mol. The quantitative estimate of drug-likeness (QED) is 0.345. The summed E-state index contributed by atoms with van der Waals surface area (Å²) in [6, 6.07) is 14.9. The van der Waals surface area contributed by atoms with E-state index in [1.54, 1.807) is 0 Å². The summed E-state index contributed by atoms with van der Waals surface area (Å²) in [6.45, 7) is 10.7. The van der Waals surface area contributed by atoms with E-state index in [1.165, 1.54) is 33.4 Å². The van der Waals surface area contributed by atoms with Crippen molar-refractivity contribution in [2.45, 2.75) is 46.1 Å². The molecule has 150 valence electrons. The number of pyridine rings is 1. The molecule has 0 atom stereocenters. The summed E-state index contributed by atoms with van der Waals surface area (Å²) in [5, 5.41) is 0. The summed E-state index contributed by atoms with van der Waals surface area (Å²) < 4.78 is 15.8. The van der Waals surface area contributed by atoms with Gasteiger partial charge in [0.2, 0.25) is 11.5 Å². The van der Waals surface area contributed by atoms with Crippen molar-refractivity contribution < 1.29 is 5.94 Å². The summed E-state index contributed by atoms with van der Waals surface area (Å²) in [5.41, 5.74) is 10.1. The van der Waals surface area contributed by atoms with Gasteiger partial charge in [-0.2, -0.15) is 0 Å². The number of benzene rings is 2. The molecular weight excluding hydrogens is 368 g/mol. The fourth-order valence-corrected chi connectivity index (χ4v) is 5.51. The normalized spacial score (nSPS) is 15.7. The van der Waals surface area contributed by atoms with Crippen LogP contribution in [0, 0.1) is 6.92 Å². The number of hydrogen-bond donors (Lipinski definition) is 0. The molecule has 6 rings (SSSR count). The van der Waals surface area contributed by atoms with Gasteiger partial charge in [-0.1, -0.05) is 32.0 Å². The van der Waals surface area contributed by atoms with Gasteiger partial charge < -0.3 is 0 Å². The molecule has 4 heteroatoms. The van der Waals surface area contributed by atoms with Crippen LogP contribution in [0.4, 0.5) is 0 Å². The van der Waals surface area contributed by atoms with E-state index in [1.807, 2.05) is 19.9 Å². The number of aromatic nitrogens is 4. The van der Waals surface area contributed by atoms with E-state index >= 15 is 0 Å². The third kappa shape index (κ3) is 1.92. The fourth-order valence-electron chi connectivity index (χ4n) is 5.51. The SMILES string of the molecule is [2H]C(C)(C)c1cc[n+](C)c2c1C(C)(C)n1c3c-2c(C)ccc3n2c3ccccc3nc12. The van der Waals surface area contributed by atoms with Gasteiger partial charge in [-0.25, -0.2) is 9.55 Å². The maximum Gasteiger partial charge on any atom is 0.220 e. The second kappa shape index (κ2) is 5.51. The Kier molecular flexibility index (Phi) is 3.05. The van der Waals surface area contributed by atoms with E-state index in [0.717, 1.165) is 22.4 Å². The molecule has 0 aliphatic carbocycles. The van der Waals surface area contributed by atoms with Crippen LogP contribution < -0.4 is 4.57 Å². The first kappa shape index (κ1) is 16.6. The van der Waals surface area contributed by atoms with Crippen LogP contribution in [0.3, 0.4) is 0 Å². The highest BCUT2D eigenvalue weighted by atomic mass is 15.2. The molecule has 0 spiro atoms. The highest BCUT2D eigenvalue weighted by molar-refractivity contribution is 6.01. The van der Waals surface area contributed by atoms with Gasteiger partial charge >= 0.3 is 0 Å². The van der Waals surface area contributed by atoms with Gasteiger partial charge in [-0.3, -0.25) is 8.97 Å². The molecule has 0 saturated carbocycles. The van der Waals surface area contributed by atoms with Crippen molar-refractivity contribution in [1.82, 2.24) is 14.0 Å². The zero-order chi connectivity index (χ0) is 21.9. The minimum absolute atomic E-state index is 0.368. The number of imidazole rings is 2. The average Bonchev–Trinajstić information content (AvgIpc) is 3.21. The number of rotatable bonds is 1. The van der Waals surface area contributed by atoms with Gasteiger partial charge in [-0.15, -0.1) is 0 Å². The molecule has 4 nitrogen and oxygen atoms in total. The summed E-state index contributed by atoms with van der Waals surface area (Å²) in [6.07, 6.45) is 2.11. The molecule has 0 unspecified atom stereocenters. The Morgan fingerprint density at radius 3 is 2.60 bits per heavy atom. The number of para-hydroxylation sites is 2. The first-order valence-electron chi connectivity index (χ1n) is 11.1. The van der Waals surface area contributed by atoms with Crippen molar-refractivity contribution >= 4 is 27.8 Å². The molecule has 30 heavy (non-hydrogen) atoms. The molecule has 4 heterocycles. The number of hydrogen-bond acceptors (Lipinski definition) is 1. The van der Waals surface area contributed by atoms with Gasteiger partial charge in [0.05, 0.1) is 38.7 Å². The lowest BCUT2D eigenvalue weighted by Gasteiger charge is -2.35. The molecule has 3 aromatic heterocycles. The Morgan fingerprint density at radius 2 is 1.83 bits per heavy atom. The predicted octanol–water partition coefficient (Wildman–Crippen LogP) is 5.46. The van der Waals surface area contributed by atoms with Gasteiger partial charge in [0.1, 0.15) is 7.05 Å². The molecule has 5 aromatic rings. The van der Waals surface area contributed by atoms with Crippen LogP contribution in [-0.4, -0.2) is 14.0 Å². The van der Waals surface area contributed by atoms with Gasteiger partial charge in [0, 0.05) is 7.44 Å². The zero-order valence-corrected chi connectivity index (χ0v) is 18.4. The summed E-state index contributed by atoms with van der Waals surface area (Å²) in [7, 11) is 2.12. The molecule has 1 aliphatic heterocycles. The highest BCUT2D eigenvalue weighted by Gasteiger charge is 2.43. The van der Waals surface area contributed by atoms with Crippen molar-refractivity contribution in [3.05, 3.63) is 65.4 Å². The Hall–Kier alpha value is -3.14. The lowest BCUT2D eigenvalue weighted by molar-refractivity contribution is -0.661. The molecular formula is C26H27N4+. The Bertz CT molecular complexity index is 1560. The van der Waals surface area contributed by atoms with Crippen LogP contribution in [0.2, 0.25) is 0 Å². The molecule has 2 aromatic carbocycles. The topological polar surface area (TPSA) is 26.1 Å². The van der Waals surface area contributed by atoms with Crippen molar-refractivity contribution in [2.75, 3.05) is 0 Å². The van der Waals surface area contributed by atoms with Gasteiger partial charge in [0.15, 0.2) is 6.20 Å². The lowest BCUT2D eigenvalue weighted by Crippen LogP contribution is -2.41. The van der Waals surface area contributed by atoms with E-state index < -0.39 is 5.89 Å². The minimum atomic E-state index is -0.710. The number of fused-ring (bicyclic) bond motifs is 7. The lowest BCUT2D eigenvalue weighted by atomic mass is 9.79. The first-order valence-corrected chi connectivity index (χ1v) is 10.6. The largest absolute Gasteiger partial charge is 0.299 e. The fraction of sp³-hybridized carbons (Fsp3) is 0.308. The van der Waals surface area contributed by atoms with Crippen molar-refractivity contribution in [3.8, 4) is 11.3 Å². The molecule has 0 N–H and O–H groups in total. The molecule has 0 amide bonds. The molecule has 0 saturated heterocycles. The van der Waals surface area contributed by atoms with Crippen LogP contribution >= 0.6 is 0 Å². The van der Waals surface area contributed by atoms with E-state index in [-0.39, 0.29) is 5.54 Å². The Balaban J connectivity index is 1.93. The standard InChI is InChI=1S/C26H27N4/c1-15(2)17-13-14-28(6)24-21-16(3)11-12-20-23(21)30(26(4,5)22(17)24)25-27-18-9-7-8-10-19(18)29(20)25/h7-15H,1-6H3/q+1/i15D. The Labute approximate surface area is 177 Å². The van der Waals surface area contributed by atoms with Gasteiger partial charge in [0.25, 0.3) is 0 Å². The number of aryl methyl sites for hydroxylation is 2. The highest BCUT2D eigenvalue weighted by Crippen LogP contribution is 2.48. The van der Waals surface area contributed by atoms with Crippen LogP contribution in [0.5, 0.6) is 0 Å². The zero-order valence-electron chi connectivity index (χ0n) is 19.4. The molecule has 0 radical (unpaired) electrons. The monoisotopic (exact) mass is 396 g/mol. The maximum absolute atomic E-state index is 8.92. The number of nitrogens with zero attached hydrogens (tertiary/aromatic N) is 4. The maximum atomic E-state index is 8.92. The van der Waals surface area contributed by atoms with Crippen molar-refractivity contribution in [2.24, 2.45) is 7.05 Å². The first-order chi connectivity index (χ1) is 14.6. The minimum Gasteiger partial charge on any atom is -0.299 e. The summed E-state index contributed by atoms with van der Waals surface area (Å²) in [5.74, 6) is 0.248. The van der Waals surface area contributed by atoms with Crippen molar-refractivity contribution in [1.29, 1.82) is 0 Å². The van der Waals surface area contributed by atoms with Crippen LogP contribution in [-0.2, 0) is 12.6 Å². The van der Waals surface area contributed by atoms with Crippen LogP contribution in [0.1, 0.15) is 51.7 Å². The summed E-state index contributed by atoms with van der Waals surface area (Å²) >= 11 is 0. The molecule has 0 fully saturated rings. The van der Waals surface area contributed by atoms with E-state index in [4.69, 9.17) is 6.35 Å². The third-order valence-electron chi connectivity index (χ3n) is 6.84. The third-order valence-corrected chi connectivity index (χ3v) is 6.84. The summed E-state index contributed by atoms with van der Waals surface area (Å²) in [4.78, 5) is 5.08. The second-order valence-electron chi connectivity index (χ2n) is 9.32. The van der Waals surface area contributed by atoms with Crippen LogP contribution in [0.15, 0.2) is 48.7 Å². The van der Waals surface area contributed by atoms with Gasteiger partial charge in [-0.05, 0) is 56.0 Å². The van der Waals surface area contributed by atoms with E-state index in [2.05, 4.69) is 83.9 Å². The van der Waals surface area contributed by atoms with Crippen molar-refractivity contribution in [3.63, 3.8) is 0 Å². The van der Waals surface area contributed by atoms with Crippen LogP contribution in [0.25, 0.3) is 39.1 Å². The van der Waals surface area contributed by atoms with E-state index in [9.17, 15) is 0 Å². The van der Waals surface area contributed by atoms with E-state index in [0.29, 0.717) is 0 Å².